The Kier molecular flexibility index (Phi) is 5.89. The van der Waals surface area contributed by atoms with Gasteiger partial charge in [-0.05, 0) is 0 Å². The summed E-state index contributed by atoms with van der Waals surface area (Å²) in [6.07, 6.45) is 4.69. The summed E-state index contributed by atoms with van der Waals surface area (Å²) >= 11 is 0.369. The van der Waals surface area contributed by atoms with Crippen LogP contribution in [0.5, 0.6) is 0 Å². The Balaban J connectivity index is 1.91. The molecule has 0 spiro atoms. The summed E-state index contributed by atoms with van der Waals surface area (Å²) in [5, 5.41) is 0. The molecule has 0 saturated heterocycles. The molecule has 0 bridgehead atoms. The van der Waals surface area contributed by atoms with Crippen molar-refractivity contribution >= 4 is 31.1 Å². The van der Waals surface area contributed by atoms with Crippen LogP contribution in [0.15, 0.2) is 30.3 Å². The molecule has 3 rings (SSSR count). The van der Waals surface area contributed by atoms with Gasteiger partial charge in [-0.1, -0.05) is 0 Å². The van der Waals surface area contributed by atoms with Gasteiger partial charge in [0, 0.05) is 0 Å². The molecule has 1 aromatic carbocycles. The number of carbonyl (C=O) groups excluding carboxylic acids is 2. The second kappa shape index (κ2) is 7.72. The number of benzene rings is 1. The van der Waals surface area contributed by atoms with E-state index in [2.05, 4.69) is 51.1 Å². The van der Waals surface area contributed by atoms with Gasteiger partial charge in [-0.15, -0.1) is 0 Å². The fraction of sp³-hybridized carbons (Fsp3) is 0.652. The molecule has 27 heavy (non-hydrogen) atoms. The predicted octanol–water partition coefficient (Wildman–Crippen LogP) is 3.70. The average Bonchev–Trinajstić information content (AvgIpc) is 2.87. The van der Waals surface area contributed by atoms with E-state index in [1.807, 2.05) is 0 Å². The number of hydrogen-bond donors (Lipinski definition) is 0. The van der Waals surface area contributed by atoms with Crippen molar-refractivity contribution in [3.05, 3.63) is 30.3 Å². The summed E-state index contributed by atoms with van der Waals surface area (Å²) in [7, 11) is 3.57. The molecule has 148 valence electrons. The van der Waals surface area contributed by atoms with Crippen molar-refractivity contribution in [1.29, 1.82) is 0 Å². The van der Waals surface area contributed by atoms with Gasteiger partial charge < -0.3 is 0 Å². The van der Waals surface area contributed by atoms with Crippen LogP contribution in [-0.4, -0.2) is 45.6 Å². The molecule has 2 saturated carbocycles. The summed E-state index contributed by atoms with van der Waals surface area (Å²) in [6, 6.07) is 10.8. The molecule has 0 heterocycles. The van der Waals surface area contributed by atoms with Crippen molar-refractivity contribution in [1.82, 2.24) is 4.90 Å². The third-order valence-corrected chi connectivity index (χ3v) is 9.73. The Morgan fingerprint density at radius 2 is 1.85 bits per heavy atom. The first-order valence-electron chi connectivity index (χ1n) is 10.1. The zero-order valence-corrected chi connectivity index (χ0v) is 19.0. The number of carbonyl (C=O) groups is 2. The van der Waals surface area contributed by atoms with Gasteiger partial charge in [0.2, 0.25) is 0 Å². The summed E-state index contributed by atoms with van der Waals surface area (Å²) in [5.41, 5.74) is 0.0720. The summed E-state index contributed by atoms with van der Waals surface area (Å²) < 4.78 is 1.64. The van der Waals surface area contributed by atoms with Crippen LogP contribution < -0.4 is 4.46 Å². The van der Waals surface area contributed by atoms with Crippen LogP contribution in [0.2, 0.25) is 4.31 Å². The Labute approximate surface area is 170 Å². The van der Waals surface area contributed by atoms with E-state index in [-0.39, 0.29) is 27.3 Å². The molecule has 2 aliphatic carbocycles. The number of ketones is 1. The fourth-order valence-corrected chi connectivity index (χ4v) is 8.79. The molecule has 3 nitrogen and oxygen atoms in total. The summed E-state index contributed by atoms with van der Waals surface area (Å²) in [5.74, 6) is 0.508. The third kappa shape index (κ3) is 3.89. The normalized spacial score (nSPS) is 31.3. The zero-order valence-electron chi connectivity index (χ0n) is 17.3. The summed E-state index contributed by atoms with van der Waals surface area (Å²) in [6.45, 7) is 7.20. The van der Waals surface area contributed by atoms with Crippen LogP contribution in [0.4, 0.5) is 0 Å². The van der Waals surface area contributed by atoms with Gasteiger partial charge >= 0.3 is 170 Å². The Hall–Kier alpha value is -1.12. The molecular weight excluding hydrogens is 401 g/mol. The van der Waals surface area contributed by atoms with Gasteiger partial charge in [-0.3, -0.25) is 0 Å². The van der Waals surface area contributed by atoms with E-state index in [1.54, 1.807) is 19.0 Å². The van der Waals surface area contributed by atoms with Crippen LogP contribution in [-0.2, 0) is 9.59 Å². The van der Waals surface area contributed by atoms with Crippen molar-refractivity contribution in [3.63, 3.8) is 0 Å². The first-order valence-corrected chi connectivity index (χ1v) is 11.9. The molecule has 4 atom stereocenters. The average molecular weight is 434 g/mol. The molecule has 0 aliphatic heterocycles. The molecule has 2 fully saturated rings. The van der Waals surface area contributed by atoms with Gasteiger partial charge in [0.15, 0.2) is 0 Å². The number of amides is 1. The molecule has 1 aromatic rings. The fourth-order valence-electron chi connectivity index (χ4n) is 5.79. The van der Waals surface area contributed by atoms with Crippen LogP contribution in [0.1, 0.15) is 52.9 Å². The molecule has 1 amide bonds. The number of hydrogen-bond acceptors (Lipinski definition) is 2. The molecular formula is C23H33NO2Se. The molecule has 2 aliphatic rings. The SMILES string of the molecule is CN(C)C(=O)[C@H]1C(=O)CCC[C@@]2(C)[C@@H]1CC[C@@H]2C(C)(C)[Se]c1ccccc1. The second-order valence-electron chi connectivity index (χ2n) is 9.29. The van der Waals surface area contributed by atoms with E-state index in [4.69, 9.17) is 0 Å². The molecule has 0 unspecified atom stereocenters. The third-order valence-electron chi connectivity index (χ3n) is 6.97. The van der Waals surface area contributed by atoms with Crippen molar-refractivity contribution < 1.29 is 9.59 Å². The van der Waals surface area contributed by atoms with Crippen molar-refractivity contribution in [2.45, 2.75) is 57.2 Å². The minimum atomic E-state index is -0.433. The van der Waals surface area contributed by atoms with Gasteiger partial charge in [0.1, 0.15) is 0 Å². The number of nitrogens with zero attached hydrogens (tertiary/aromatic N) is 1. The molecule has 0 N–H and O–H groups in total. The zero-order chi connectivity index (χ0) is 19.8. The van der Waals surface area contributed by atoms with E-state index in [0.717, 1.165) is 25.7 Å². The van der Waals surface area contributed by atoms with E-state index >= 15 is 0 Å². The topological polar surface area (TPSA) is 37.4 Å². The monoisotopic (exact) mass is 435 g/mol. The molecule has 4 heteroatoms. The van der Waals surface area contributed by atoms with Crippen LogP contribution in [0, 0.1) is 23.2 Å². The first kappa shape index (κ1) is 20.6. The number of Topliss-reactive ketones (excluding diaryl/α,β-unsaturated/α-hetero) is 1. The van der Waals surface area contributed by atoms with E-state index in [9.17, 15) is 9.59 Å². The van der Waals surface area contributed by atoms with Crippen molar-refractivity contribution in [2.75, 3.05) is 14.1 Å². The quantitative estimate of drug-likeness (QED) is 0.535. The number of rotatable bonds is 4. The van der Waals surface area contributed by atoms with Crippen molar-refractivity contribution in [3.8, 4) is 0 Å². The maximum atomic E-state index is 12.9. The molecule has 0 aromatic heterocycles. The number of fused-ring (bicyclic) bond motifs is 1. The van der Waals surface area contributed by atoms with Crippen LogP contribution in [0.25, 0.3) is 0 Å². The van der Waals surface area contributed by atoms with E-state index < -0.39 is 5.92 Å². The second-order valence-corrected chi connectivity index (χ2v) is 12.9. The minimum absolute atomic E-state index is 0.0187. The van der Waals surface area contributed by atoms with Gasteiger partial charge in [0.25, 0.3) is 0 Å². The standard InChI is InChI=1S/C23H33NO2Se/c1-22(2,27-16-10-7-6-8-11-16)19-14-13-17-20(21(26)24(4)5)18(25)12-9-15-23(17,19)3/h6-8,10-11,17,19-20H,9,12-15H2,1-5H3/t17-,19-,20-,23+/m1/s1. The van der Waals surface area contributed by atoms with Gasteiger partial charge in [-0.25, -0.2) is 0 Å². The van der Waals surface area contributed by atoms with Crippen LogP contribution >= 0.6 is 0 Å². The first-order chi connectivity index (χ1) is 12.7. The van der Waals surface area contributed by atoms with Gasteiger partial charge in [0.05, 0.1) is 0 Å². The molecule has 0 radical (unpaired) electrons. The van der Waals surface area contributed by atoms with Crippen molar-refractivity contribution in [2.24, 2.45) is 23.2 Å². The Morgan fingerprint density at radius 1 is 1.19 bits per heavy atom. The Morgan fingerprint density at radius 3 is 2.48 bits per heavy atom. The van der Waals surface area contributed by atoms with E-state index in [1.165, 1.54) is 4.46 Å². The van der Waals surface area contributed by atoms with Crippen LogP contribution in [0.3, 0.4) is 0 Å². The van der Waals surface area contributed by atoms with E-state index in [0.29, 0.717) is 27.3 Å². The predicted molar refractivity (Wildman–Crippen MR) is 111 cm³/mol. The maximum absolute atomic E-state index is 12.9. The Bertz CT molecular complexity index is 700. The van der Waals surface area contributed by atoms with Gasteiger partial charge in [-0.2, -0.15) is 0 Å². The summed E-state index contributed by atoms with van der Waals surface area (Å²) in [4.78, 5) is 27.4.